The zero-order chi connectivity index (χ0) is 24.6. The number of hydrogen-bond acceptors (Lipinski definition) is 5. The van der Waals surface area contributed by atoms with E-state index in [0.29, 0.717) is 0 Å². The molecule has 0 spiro atoms. The van der Waals surface area contributed by atoms with Gasteiger partial charge in [0.2, 0.25) is 0 Å². The van der Waals surface area contributed by atoms with Crippen LogP contribution in [0.4, 0.5) is 0 Å². The van der Waals surface area contributed by atoms with E-state index < -0.39 is 0 Å². The summed E-state index contributed by atoms with van der Waals surface area (Å²) in [5.74, 6) is 0.802. The summed E-state index contributed by atoms with van der Waals surface area (Å²) in [7, 11) is 0. The van der Waals surface area contributed by atoms with Gasteiger partial charge in [0, 0.05) is 34.4 Å². The van der Waals surface area contributed by atoms with Gasteiger partial charge in [0.25, 0.3) is 0 Å². The smallest absolute Gasteiger partial charge is 0.138 e. The van der Waals surface area contributed by atoms with E-state index in [2.05, 4.69) is 43.3 Å². The molecule has 1 fully saturated rings. The van der Waals surface area contributed by atoms with Crippen LogP contribution in [0.2, 0.25) is 0 Å². The molecule has 37 heavy (non-hydrogen) atoms. The molecule has 7 nitrogen and oxygen atoms in total. The maximum atomic E-state index is 6.25. The van der Waals surface area contributed by atoms with E-state index in [1.807, 2.05) is 54.9 Å². The average Bonchev–Trinajstić information content (AvgIpc) is 3.58. The third-order valence-electron chi connectivity index (χ3n) is 7.13. The largest absolute Gasteiger partial charge is 0.489 e. The van der Waals surface area contributed by atoms with Gasteiger partial charge in [-0.25, -0.2) is 4.98 Å². The minimum absolute atomic E-state index is 0.278. The predicted octanol–water partition coefficient (Wildman–Crippen LogP) is 6.94. The van der Waals surface area contributed by atoms with Crippen molar-refractivity contribution in [3.63, 3.8) is 0 Å². The van der Waals surface area contributed by atoms with Crippen molar-refractivity contribution in [2.24, 2.45) is 0 Å². The van der Waals surface area contributed by atoms with Gasteiger partial charge < -0.3 is 9.72 Å². The zero-order valence-corrected chi connectivity index (χ0v) is 20.3. The SMILES string of the molecule is c1ccc(-c2cccc3[nH]c(-c4n[nH]c5ccc(-c6cncc(OC7CCCCC7)c6)nc45)cc23)nc1. The van der Waals surface area contributed by atoms with Gasteiger partial charge in [-0.05, 0) is 68.1 Å². The number of benzene rings is 1. The minimum atomic E-state index is 0.278. The Balaban J connectivity index is 1.26. The Morgan fingerprint density at radius 3 is 2.68 bits per heavy atom. The van der Waals surface area contributed by atoms with Crippen molar-refractivity contribution in [3.8, 4) is 39.7 Å². The molecule has 1 aliphatic carbocycles. The molecule has 0 unspecified atom stereocenters. The zero-order valence-electron chi connectivity index (χ0n) is 20.3. The molecule has 6 aromatic rings. The van der Waals surface area contributed by atoms with Crippen LogP contribution in [-0.2, 0) is 0 Å². The van der Waals surface area contributed by atoms with Gasteiger partial charge in [-0.15, -0.1) is 0 Å². The lowest BCUT2D eigenvalue weighted by Gasteiger charge is -2.22. The highest BCUT2D eigenvalue weighted by Gasteiger charge is 2.17. The number of nitrogens with zero attached hydrogens (tertiary/aromatic N) is 4. The minimum Gasteiger partial charge on any atom is -0.489 e. The molecule has 5 heterocycles. The molecule has 0 amide bonds. The van der Waals surface area contributed by atoms with Gasteiger partial charge in [-0.1, -0.05) is 24.6 Å². The Morgan fingerprint density at radius 1 is 0.838 bits per heavy atom. The third kappa shape index (κ3) is 4.12. The number of nitrogens with one attached hydrogen (secondary N) is 2. The van der Waals surface area contributed by atoms with Gasteiger partial charge >= 0.3 is 0 Å². The van der Waals surface area contributed by atoms with Crippen LogP contribution < -0.4 is 4.74 Å². The van der Waals surface area contributed by atoms with Crippen molar-refractivity contribution in [2.75, 3.05) is 0 Å². The molecule has 5 aromatic heterocycles. The molecular formula is C30H26N6O. The first-order valence-electron chi connectivity index (χ1n) is 12.8. The van der Waals surface area contributed by atoms with Crippen LogP contribution in [0, 0.1) is 0 Å². The topological polar surface area (TPSA) is 92.4 Å². The molecule has 2 N–H and O–H groups in total. The summed E-state index contributed by atoms with van der Waals surface area (Å²) in [5, 5.41) is 8.85. The first-order chi connectivity index (χ1) is 18.3. The number of ether oxygens (including phenoxy) is 1. The van der Waals surface area contributed by atoms with E-state index >= 15 is 0 Å². The summed E-state index contributed by atoms with van der Waals surface area (Å²) in [4.78, 5) is 17.5. The monoisotopic (exact) mass is 486 g/mol. The molecule has 0 radical (unpaired) electrons. The van der Waals surface area contributed by atoms with Gasteiger partial charge in [0.15, 0.2) is 0 Å². The fourth-order valence-electron chi connectivity index (χ4n) is 5.27. The summed E-state index contributed by atoms with van der Waals surface area (Å²) in [6.07, 6.45) is 11.7. The first kappa shape index (κ1) is 21.7. The summed E-state index contributed by atoms with van der Waals surface area (Å²) in [6, 6.07) is 20.4. The van der Waals surface area contributed by atoms with E-state index in [4.69, 9.17) is 9.72 Å². The number of H-pyrrole nitrogens is 2. The Kier molecular flexibility index (Phi) is 5.39. The van der Waals surface area contributed by atoms with Crippen LogP contribution in [-0.4, -0.2) is 36.2 Å². The van der Waals surface area contributed by atoms with Crippen molar-refractivity contribution in [1.29, 1.82) is 0 Å². The number of hydrogen-bond donors (Lipinski definition) is 2. The van der Waals surface area contributed by atoms with Crippen molar-refractivity contribution < 1.29 is 4.74 Å². The molecule has 182 valence electrons. The Morgan fingerprint density at radius 2 is 1.78 bits per heavy atom. The van der Waals surface area contributed by atoms with Crippen molar-refractivity contribution in [2.45, 2.75) is 38.2 Å². The fourth-order valence-corrected chi connectivity index (χ4v) is 5.27. The lowest BCUT2D eigenvalue weighted by atomic mass is 9.98. The molecule has 0 aliphatic heterocycles. The van der Waals surface area contributed by atoms with Gasteiger partial charge in [0.1, 0.15) is 17.0 Å². The molecule has 0 bridgehead atoms. The van der Waals surface area contributed by atoms with Gasteiger partial charge in [0.05, 0.1) is 34.9 Å². The van der Waals surface area contributed by atoms with E-state index in [9.17, 15) is 0 Å². The molecule has 0 saturated heterocycles. The lowest BCUT2D eigenvalue weighted by Crippen LogP contribution is -2.19. The van der Waals surface area contributed by atoms with E-state index in [1.54, 1.807) is 6.20 Å². The second kappa shape index (κ2) is 9.17. The van der Waals surface area contributed by atoms with Crippen molar-refractivity contribution in [1.82, 2.24) is 30.1 Å². The van der Waals surface area contributed by atoms with Gasteiger partial charge in [-0.2, -0.15) is 5.10 Å². The Labute approximate surface area is 214 Å². The summed E-state index contributed by atoms with van der Waals surface area (Å²) < 4.78 is 6.25. The Hall–Kier alpha value is -4.52. The summed E-state index contributed by atoms with van der Waals surface area (Å²) in [5.41, 5.74) is 8.18. The summed E-state index contributed by atoms with van der Waals surface area (Å²) >= 11 is 0. The highest BCUT2D eigenvalue weighted by atomic mass is 16.5. The maximum Gasteiger partial charge on any atom is 0.138 e. The first-order valence-corrected chi connectivity index (χ1v) is 12.8. The quantitative estimate of drug-likeness (QED) is 0.275. The Bertz CT molecular complexity index is 1700. The molecular weight excluding hydrogens is 460 g/mol. The third-order valence-corrected chi connectivity index (χ3v) is 7.13. The molecule has 0 atom stereocenters. The van der Waals surface area contributed by atoms with Gasteiger partial charge in [-0.3, -0.25) is 15.1 Å². The number of aromatic amines is 2. The van der Waals surface area contributed by atoms with E-state index in [-0.39, 0.29) is 6.10 Å². The van der Waals surface area contributed by atoms with Crippen LogP contribution in [0.25, 0.3) is 55.8 Å². The number of pyridine rings is 3. The van der Waals surface area contributed by atoms with Crippen LogP contribution in [0.3, 0.4) is 0 Å². The van der Waals surface area contributed by atoms with Crippen LogP contribution >= 0.6 is 0 Å². The number of rotatable bonds is 5. The highest BCUT2D eigenvalue weighted by Crippen LogP contribution is 2.34. The number of aromatic nitrogens is 6. The highest BCUT2D eigenvalue weighted by molar-refractivity contribution is 6.00. The van der Waals surface area contributed by atoms with Crippen LogP contribution in [0.1, 0.15) is 32.1 Å². The average molecular weight is 487 g/mol. The molecule has 7 rings (SSSR count). The standard InChI is InChI=1S/C30H26N6O/c1-2-7-20(8-3-1)37-21-15-19(17-31-18-21)24-12-13-27-29(34-24)30(36-35-27)28-16-23-22(9-6-11-26(23)33-28)25-10-4-5-14-32-25/h4-6,9-18,20,33H,1-3,7-8H2,(H,35,36). The van der Waals surface area contributed by atoms with E-state index in [1.165, 1.54) is 19.3 Å². The van der Waals surface area contributed by atoms with E-state index in [0.717, 1.165) is 74.4 Å². The number of fused-ring (bicyclic) bond motifs is 2. The summed E-state index contributed by atoms with van der Waals surface area (Å²) in [6.45, 7) is 0. The fraction of sp³-hybridized carbons (Fsp3) is 0.200. The van der Waals surface area contributed by atoms with Crippen LogP contribution in [0.15, 0.2) is 79.3 Å². The lowest BCUT2D eigenvalue weighted by molar-refractivity contribution is 0.154. The molecule has 1 aliphatic rings. The molecule has 7 heteroatoms. The van der Waals surface area contributed by atoms with Crippen LogP contribution in [0.5, 0.6) is 5.75 Å². The normalized spacial score (nSPS) is 14.4. The second-order valence-corrected chi connectivity index (χ2v) is 9.62. The van der Waals surface area contributed by atoms with Crippen molar-refractivity contribution >= 4 is 21.9 Å². The second-order valence-electron chi connectivity index (χ2n) is 9.62. The molecule has 1 saturated carbocycles. The van der Waals surface area contributed by atoms with Crippen molar-refractivity contribution in [3.05, 3.63) is 79.3 Å². The maximum absolute atomic E-state index is 6.25. The predicted molar refractivity (Wildman–Crippen MR) is 145 cm³/mol. The molecule has 1 aromatic carbocycles.